The number of nitroso groups, excluding NO2 is 1. The molecule has 0 fully saturated rings. The van der Waals surface area contributed by atoms with Gasteiger partial charge in [0, 0.05) is 18.3 Å². The minimum Gasteiger partial charge on any atom is -0.484 e. The maximum Gasteiger partial charge on any atom is 0.323 e. The van der Waals surface area contributed by atoms with Crippen LogP contribution in [0.2, 0.25) is 0 Å². The number of terminal acetylenes is 1. The first kappa shape index (κ1) is 46.6. The Balaban J connectivity index is -0.000000802. The van der Waals surface area contributed by atoms with Crippen LogP contribution in [0.1, 0.15) is 73.3 Å². The van der Waals surface area contributed by atoms with Crippen molar-refractivity contribution >= 4 is 12.7 Å². The summed E-state index contributed by atoms with van der Waals surface area (Å²) in [7, 11) is 0. The predicted molar refractivity (Wildman–Crippen MR) is 192 cm³/mol. The smallest absolute Gasteiger partial charge is 0.323 e. The Morgan fingerprint density at radius 2 is 1.43 bits per heavy atom. The molecule has 0 spiro atoms. The van der Waals surface area contributed by atoms with Crippen LogP contribution in [0.3, 0.4) is 0 Å². The molecule has 0 heterocycles. The molecule has 0 bridgehead atoms. The summed E-state index contributed by atoms with van der Waals surface area (Å²) in [4.78, 5) is 31.5. The summed E-state index contributed by atoms with van der Waals surface area (Å²) < 4.78 is 5.25. The summed E-state index contributed by atoms with van der Waals surface area (Å²) in [5.74, 6) is 1.96. The van der Waals surface area contributed by atoms with Gasteiger partial charge in [0.25, 0.3) is 0 Å². The molecule has 1 aromatic rings. The van der Waals surface area contributed by atoms with E-state index in [1.165, 1.54) is 24.0 Å². The van der Waals surface area contributed by atoms with Crippen molar-refractivity contribution < 1.29 is 14.3 Å². The average Bonchev–Trinajstić information content (AvgIpc) is 3.07. The highest BCUT2D eigenvalue weighted by Gasteiger charge is 2.06. The topological polar surface area (TPSA) is 76.0 Å². The molecule has 0 aromatic heterocycles. The van der Waals surface area contributed by atoms with E-state index in [-0.39, 0.29) is 6.61 Å². The third-order valence-electron chi connectivity index (χ3n) is 5.51. The van der Waals surface area contributed by atoms with E-state index < -0.39 is 5.91 Å². The second-order valence-electron chi connectivity index (χ2n) is 8.79. The molecule has 0 saturated heterocycles. The predicted octanol–water partition coefficient (Wildman–Crippen LogP) is 9.77. The number of likely N-dealkylation sites (N-methyl/N-ethyl adjacent to an activating group) is 1. The zero-order chi connectivity index (χ0) is 34.8. The molecule has 0 saturated carbocycles. The van der Waals surface area contributed by atoms with Crippen molar-refractivity contribution in [1.29, 1.82) is 0 Å². The maximum absolute atomic E-state index is 11.0. The number of ether oxygens (including phenoxy) is 1. The van der Waals surface area contributed by atoms with Gasteiger partial charge in [0.1, 0.15) is 12.5 Å². The van der Waals surface area contributed by atoms with Crippen LogP contribution < -0.4 is 4.74 Å². The molecule has 0 aliphatic carbocycles. The van der Waals surface area contributed by atoms with Crippen LogP contribution in [0.25, 0.3) is 0 Å². The van der Waals surface area contributed by atoms with E-state index in [1.54, 1.807) is 19.1 Å². The molecule has 0 aliphatic rings. The summed E-state index contributed by atoms with van der Waals surface area (Å²) in [6.45, 7) is 32.4. The van der Waals surface area contributed by atoms with Crippen molar-refractivity contribution in [1.82, 2.24) is 4.90 Å². The van der Waals surface area contributed by atoms with Gasteiger partial charge < -0.3 is 9.53 Å². The molecule has 1 rings (SSSR count). The van der Waals surface area contributed by atoms with Gasteiger partial charge in [-0.1, -0.05) is 107 Å². The molecule has 0 atom stereocenters. The first-order valence-electron chi connectivity index (χ1n) is 14.7. The number of benzene rings is 1. The SMILES string of the molecule is C#CC.C=C.C=CC(=C\C=C(/C)CCCC)/C(C=C)=C/C=C(\C)CN(CC)Cc1ccc(OCC(=O)N=O)cc1.C=O.CC. The van der Waals surface area contributed by atoms with Gasteiger partial charge in [-0.2, -0.15) is 0 Å². The largest absolute Gasteiger partial charge is 0.484 e. The molecular weight excluding hydrogens is 548 g/mol. The Labute approximate surface area is 268 Å². The highest BCUT2D eigenvalue weighted by Crippen LogP contribution is 2.17. The van der Waals surface area contributed by atoms with Crippen LogP contribution >= 0.6 is 0 Å². The molecule has 44 heavy (non-hydrogen) atoms. The third-order valence-corrected chi connectivity index (χ3v) is 5.51. The van der Waals surface area contributed by atoms with Gasteiger partial charge in [-0.15, -0.1) is 30.4 Å². The van der Waals surface area contributed by atoms with Crippen LogP contribution in [0.4, 0.5) is 0 Å². The second kappa shape index (κ2) is 34.9. The van der Waals surface area contributed by atoms with Gasteiger partial charge in [0.15, 0.2) is 6.61 Å². The molecule has 1 amide bonds. The fourth-order valence-corrected chi connectivity index (χ4v) is 3.37. The first-order valence-corrected chi connectivity index (χ1v) is 14.7. The van der Waals surface area contributed by atoms with E-state index >= 15 is 0 Å². The lowest BCUT2D eigenvalue weighted by atomic mass is 10.0. The summed E-state index contributed by atoms with van der Waals surface area (Å²) >= 11 is 0. The molecule has 0 radical (unpaired) electrons. The number of allylic oxidation sites excluding steroid dienone is 9. The third kappa shape index (κ3) is 25.4. The summed E-state index contributed by atoms with van der Waals surface area (Å²) in [5.41, 5.74) is 5.84. The zero-order valence-electron chi connectivity index (χ0n) is 28.4. The number of carbonyl (C=O) groups is 2. The van der Waals surface area contributed by atoms with Crippen LogP contribution in [0.15, 0.2) is 115 Å². The van der Waals surface area contributed by atoms with Crippen molar-refractivity contribution in [2.24, 2.45) is 5.18 Å². The molecule has 0 aliphatic heterocycles. The van der Waals surface area contributed by atoms with Crippen molar-refractivity contribution in [3.05, 3.63) is 120 Å². The molecule has 6 nitrogen and oxygen atoms in total. The fraction of sp³-hybridized carbons (Fsp3) is 0.368. The van der Waals surface area contributed by atoms with Gasteiger partial charge in [-0.3, -0.25) is 9.69 Å². The van der Waals surface area contributed by atoms with Crippen LogP contribution in [0.5, 0.6) is 5.75 Å². The molecular formula is C38H56N2O4. The van der Waals surface area contributed by atoms with Gasteiger partial charge in [0.05, 0.1) is 0 Å². The Hall–Kier alpha value is -4.34. The highest BCUT2D eigenvalue weighted by molar-refractivity contribution is 5.78. The normalized spacial score (nSPS) is 10.9. The van der Waals surface area contributed by atoms with E-state index in [4.69, 9.17) is 9.53 Å². The molecule has 6 heteroatoms. The van der Waals surface area contributed by atoms with Gasteiger partial charge >= 0.3 is 5.91 Å². The Morgan fingerprint density at radius 3 is 1.84 bits per heavy atom. The average molecular weight is 605 g/mol. The summed E-state index contributed by atoms with van der Waals surface area (Å²) in [6.07, 6.45) is 20.4. The van der Waals surface area contributed by atoms with Crippen molar-refractivity contribution in [3.8, 4) is 18.1 Å². The number of hydrogen-bond donors (Lipinski definition) is 0. The standard InChI is InChI=1S/C30H40N2O3.C3H4.C2H6.C2H4.CH2O/c1-7-11-12-24(5)13-17-27(8-2)28(9-3)18-14-25(6)21-32(10-4)22-26-15-19-29(20-16-26)35-23-30(33)31-34;1-3-2;3*1-2/h8-9,13-20H,2-3,7,10-12,21-23H2,1,4-6H3;1H,2H3;1-2H3;1-2H2;1H2/b24-13+,25-14+,27-17+,28-18+;;;;. The number of rotatable bonds is 16. The number of amides is 1. The van der Waals surface area contributed by atoms with Crippen molar-refractivity contribution in [2.75, 3.05) is 19.7 Å². The molecule has 242 valence electrons. The van der Waals surface area contributed by atoms with Crippen molar-refractivity contribution in [2.45, 2.75) is 74.3 Å². The van der Waals surface area contributed by atoms with E-state index in [1.807, 2.05) is 44.9 Å². The Bertz CT molecular complexity index is 1080. The summed E-state index contributed by atoms with van der Waals surface area (Å²) in [5, 5.41) is 2.32. The second-order valence-corrected chi connectivity index (χ2v) is 8.79. The van der Waals surface area contributed by atoms with Gasteiger partial charge in [-0.05, 0) is 69.0 Å². The Morgan fingerprint density at radius 1 is 0.955 bits per heavy atom. The maximum atomic E-state index is 11.0. The fourth-order valence-electron chi connectivity index (χ4n) is 3.37. The van der Waals surface area contributed by atoms with E-state index in [0.717, 1.165) is 42.8 Å². The number of carbonyl (C=O) groups excluding carboxylic acids is 2. The number of hydrogen-bond acceptors (Lipinski definition) is 5. The highest BCUT2D eigenvalue weighted by atomic mass is 16.5. The number of nitrogens with zero attached hydrogens (tertiary/aromatic N) is 2. The zero-order valence-corrected chi connectivity index (χ0v) is 28.4. The number of unbranched alkanes of at least 4 members (excludes halogenated alkanes) is 1. The van der Waals surface area contributed by atoms with E-state index in [0.29, 0.717) is 5.75 Å². The minimum absolute atomic E-state index is 0.342. The quantitative estimate of drug-likeness (QED) is 0.0812. The van der Waals surface area contributed by atoms with Gasteiger partial charge in [0.2, 0.25) is 0 Å². The van der Waals surface area contributed by atoms with E-state index in [2.05, 4.69) is 101 Å². The van der Waals surface area contributed by atoms with Crippen molar-refractivity contribution in [3.63, 3.8) is 0 Å². The van der Waals surface area contributed by atoms with Crippen LogP contribution in [0, 0.1) is 17.3 Å². The lowest BCUT2D eigenvalue weighted by Gasteiger charge is -2.21. The lowest BCUT2D eigenvalue weighted by Crippen LogP contribution is -2.24. The first-order chi connectivity index (χ1) is 21.3. The Kier molecular flexibility index (Phi) is 36.9. The minimum atomic E-state index is -0.823. The molecule has 0 unspecified atom stereocenters. The lowest BCUT2D eigenvalue weighted by molar-refractivity contribution is -0.119. The van der Waals surface area contributed by atoms with Crippen LogP contribution in [-0.4, -0.2) is 37.3 Å². The summed E-state index contributed by atoms with van der Waals surface area (Å²) in [6, 6.07) is 7.51. The van der Waals surface area contributed by atoms with E-state index in [9.17, 15) is 9.70 Å². The van der Waals surface area contributed by atoms with Crippen LogP contribution in [-0.2, 0) is 16.1 Å². The molecule has 1 aromatic carbocycles. The van der Waals surface area contributed by atoms with Gasteiger partial charge in [-0.25, -0.2) is 0 Å². The monoisotopic (exact) mass is 604 g/mol. The molecule has 0 N–H and O–H groups in total.